The summed E-state index contributed by atoms with van der Waals surface area (Å²) in [6.07, 6.45) is 2.19. The Bertz CT molecular complexity index is 724. The molecular formula is C18H33N7O6. The van der Waals surface area contributed by atoms with Gasteiger partial charge in [-0.1, -0.05) is 15.3 Å². The molecule has 0 aliphatic rings. The Labute approximate surface area is 181 Å². The molecule has 0 aromatic carbocycles. The van der Waals surface area contributed by atoms with Gasteiger partial charge in [0.15, 0.2) is 0 Å². The van der Waals surface area contributed by atoms with E-state index in [0.29, 0.717) is 6.61 Å². The molecule has 0 radical (unpaired) electrons. The molecule has 1 rings (SSSR count). The quantitative estimate of drug-likeness (QED) is 0.221. The van der Waals surface area contributed by atoms with Crippen LogP contribution in [0.1, 0.15) is 41.5 Å². The number of nitro groups is 1. The van der Waals surface area contributed by atoms with Crippen molar-refractivity contribution in [1.82, 2.24) is 20.3 Å². The number of nitroso groups, excluding NO2 is 2. The average molecular weight is 444 g/mol. The van der Waals surface area contributed by atoms with Crippen LogP contribution in [0, 0.1) is 19.9 Å². The number of nitrogens with zero attached hydrogens (tertiary/aromatic N) is 5. The van der Waals surface area contributed by atoms with Gasteiger partial charge in [0.25, 0.3) is 0 Å². The van der Waals surface area contributed by atoms with Crippen molar-refractivity contribution in [3.05, 3.63) is 32.3 Å². The fraction of sp³-hybridized carbons (Fsp3) is 0.833. The van der Waals surface area contributed by atoms with Crippen molar-refractivity contribution in [2.24, 2.45) is 10.4 Å². The van der Waals surface area contributed by atoms with Crippen LogP contribution in [0.4, 0.5) is 5.95 Å². The number of rotatable bonds is 16. The first-order chi connectivity index (χ1) is 14.5. The number of ether oxygens (including phenoxy) is 1. The van der Waals surface area contributed by atoms with Gasteiger partial charge in [0, 0.05) is 18.7 Å². The Hall–Kier alpha value is -2.35. The van der Waals surface area contributed by atoms with Gasteiger partial charge in [-0.15, -0.1) is 0 Å². The molecular weight excluding hydrogens is 410 g/mol. The molecule has 0 aliphatic heterocycles. The summed E-state index contributed by atoms with van der Waals surface area (Å²) in [7, 11) is 0. The molecule has 0 fully saturated rings. The monoisotopic (exact) mass is 443 g/mol. The van der Waals surface area contributed by atoms with Crippen molar-refractivity contribution in [1.29, 1.82) is 0 Å². The van der Waals surface area contributed by atoms with Crippen molar-refractivity contribution in [2.45, 2.75) is 77.4 Å². The third-order valence-corrected chi connectivity index (χ3v) is 5.17. The van der Waals surface area contributed by atoms with Crippen LogP contribution in [-0.2, 0) is 16.1 Å². The fourth-order valence-electron chi connectivity index (χ4n) is 2.54. The molecule has 0 amide bonds. The Morgan fingerprint density at radius 2 is 1.94 bits per heavy atom. The highest BCUT2D eigenvalue weighted by atomic mass is 16.7. The first-order valence-corrected chi connectivity index (χ1v) is 10.0. The molecule has 2 N–H and O–H groups in total. The van der Waals surface area contributed by atoms with Gasteiger partial charge in [-0.3, -0.25) is 4.84 Å². The summed E-state index contributed by atoms with van der Waals surface area (Å²) >= 11 is 0. The van der Waals surface area contributed by atoms with Gasteiger partial charge < -0.3 is 20.2 Å². The third kappa shape index (κ3) is 8.01. The van der Waals surface area contributed by atoms with Crippen LogP contribution in [0.15, 0.2) is 22.7 Å². The van der Waals surface area contributed by atoms with Crippen LogP contribution in [0.25, 0.3) is 0 Å². The third-order valence-electron chi connectivity index (χ3n) is 5.17. The van der Waals surface area contributed by atoms with Gasteiger partial charge in [0.2, 0.25) is 0 Å². The van der Waals surface area contributed by atoms with Crippen molar-refractivity contribution in [3.63, 3.8) is 0 Å². The highest BCUT2D eigenvalue weighted by Crippen LogP contribution is 2.17. The van der Waals surface area contributed by atoms with E-state index in [4.69, 9.17) is 9.57 Å². The van der Waals surface area contributed by atoms with E-state index in [0.717, 1.165) is 0 Å². The number of hydroxylamine groups is 1. The van der Waals surface area contributed by atoms with Crippen molar-refractivity contribution in [3.8, 4) is 0 Å². The molecule has 13 heteroatoms. The van der Waals surface area contributed by atoms with Crippen molar-refractivity contribution < 1.29 is 14.5 Å². The highest BCUT2D eigenvalue weighted by Gasteiger charge is 2.34. The van der Waals surface area contributed by atoms with E-state index in [1.165, 1.54) is 17.0 Å². The van der Waals surface area contributed by atoms with E-state index in [1.54, 1.807) is 20.8 Å². The maximum absolute atomic E-state index is 11.3. The first-order valence-electron chi connectivity index (χ1n) is 10.0. The van der Waals surface area contributed by atoms with E-state index in [-0.39, 0.29) is 25.6 Å². The van der Waals surface area contributed by atoms with Crippen LogP contribution in [-0.4, -0.2) is 63.5 Å². The Morgan fingerprint density at radius 1 is 1.26 bits per heavy atom. The lowest BCUT2D eigenvalue weighted by molar-refractivity contribution is -0.397. The van der Waals surface area contributed by atoms with Gasteiger partial charge in [-0.2, -0.15) is 15.3 Å². The summed E-state index contributed by atoms with van der Waals surface area (Å²) < 4.78 is 6.66. The smallest absolute Gasteiger partial charge is 0.390 e. The molecule has 0 saturated heterocycles. The number of imidazole rings is 1. The molecule has 0 bridgehead atoms. The molecule has 1 heterocycles. The van der Waals surface area contributed by atoms with Crippen molar-refractivity contribution >= 4 is 5.95 Å². The Kier molecular flexibility index (Phi) is 10.2. The van der Waals surface area contributed by atoms with Crippen molar-refractivity contribution in [2.75, 3.05) is 19.8 Å². The lowest BCUT2D eigenvalue weighted by atomic mass is 9.96. The van der Waals surface area contributed by atoms with E-state index < -0.39 is 34.2 Å². The zero-order valence-electron chi connectivity index (χ0n) is 18.9. The summed E-state index contributed by atoms with van der Waals surface area (Å²) in [6, 6.07) is -1.24. The lowest BCUT2D eigenvalue weighted by Crippen LogP contribution is -2.55. The molecule has 3 unspecified atom stereocenters. The second kappa shape index (κ2) is 11.9. The lowest BCUT2D eigenvalue weighted by Gasteiger charge is -2.34. The topological polar surface area (TPSA) is 162 Å². The second-order valence-electron chi connectivity index (χ2n) is 8.36. The van der Waals surface area contributed by atoms with E-state index >= 15 is 0 Å². The summed E-state index contributed by atoms with van der Waals surface area (Å²) in [5.74, 6) is -0.321. The SMILES string of the molecule is CCOCC(N=O)C(C)(C)NOC(CNC(C)(C)C(C)N=O)Cn1ccnc1[N+](=O)[O-]. The first kappa shape index (κ1) is 26.7. The molecule has 176 valence electrons. The summed E-state index contributed by atoms with van der Waals surface area (Å²) in [4.78, 5) is 42.4. The predicted octanol–water partition coefficient (Wildman–Crippen LogP) is 2.15. The fourth-order valence-corrected chi connectivity index (χ4v) is 2.54. The van der Waals surface area contributed by atoms with Crippen LogP contribution >= 0.6 is 0 Å². The summed E-state index contributed by atoms with van der Waals surface area (Å²) in [6.45, 7) is 11.5. The number of hydrogen-bond donors (Lipinski definition) is 2. The molecule has 0 saturated carbocycles. The Morgan fingerprint density at radius 3 is 2.48 bits per heavy atom. The normalized spacial score (nSPS) is 15.3. The second-order valence-corrected chi connectivity index (χ2v) is 8.36. The zero-order chi connectivity index (χ0) is 23.7. The molecule has 0 aliphatic carbocycles. The molecule has 1 aromatic heterocycles. The Balaban J connectivity index is 2.95. The van der Waals surface area contributed by atoms with E-state index in [2.05, 4.69) is 26.1 Å². The van der Waals surface area contributed by atoms with E-state index in [9.17, 15) is 19.9 Å². The summed E-state index contributed by atoms with van der Waals surface area (Å²) in [5, 5.41) is 20.6. The maximum atomic E-state index is 11.3. The van der Waals surface area contributed by atoms with Crippen LogP contribution in [0.3, 0.4) is 0 Å². The van der Waals surface area contributed by atoms with Gasteiger partial charge in [-0.25, -0.2) is 4.57 Å². The largest absolute Gasteiger partial charge is 0.434 e. The molecule has 13 nitrogen and oxygen atoms in total. The van der Waals surface area contributed by atoms with Gasteiger partial charge in [0.05, 0.1) is 12.1 Å². The summed E-state index contributed by atoms with van der Waals surface area (Å²) in [5.41, 5.74) is 1.35. The number of nitrogens with one attached hydrogen (secondary N) is 2. The van der Waals surface area contributed by atoms with Gasteiger partial charge >= 0.3 is 5.95 Å². The predicted molar refractivity (Wildman–Crippen MR) is 114 cm³/mol. The van der Waals surface area contributed by atoms with E-state index in [1.807, 2.05) is 20.8 Å². The standard InChI is InChI=1S/C18H33N7O6/c1-7-30-12-15(22-27)18(5,6)23-31-14(10-20-17(3,4)13(2)21-26)11-24-9-8-19-16(24)25(28)29/h8-9,13-15,20,23H,7,10-12H2,1-6H3. The van der Waals surface area contributed by atoms with Gasteiger partial charge in [-0.05, 0) is 46.5 Å². The molecule has 0 spiro atoms. The zero-order valence-corrected chi connectivity index (χ0v) is 18.9. The number of hydrogen-bond acceptors (Lipinski definition) is 11. The molecule has 3 atom stereocenters. The van der Waals surface area contributed by atoms with Gasteiger partial charge in [0.1, 0.15) is 37.1 Å². The maximum Gasteiger partial charge on any atom is 0.434 e. The van der Waals surface area contributed by atoms with Crippen LogP contribution < -0.4 is 10.8 Å². The minimum atomic E-state index is -0.872. The minimum Gasteiger partial charge on any atom is -0.390 e. The van der Waals surface area contributed by atoms with Crippen LogP contribution in [0.5, 0.6) is 0 Å². The average Bonchev–Trinajstić information content (AvgIpc) is 3.18. The minimum absolute atomic E-state index is 0.0933. The van der Waals surface area contributed by atoms with Crippen LogP contribution in [0.2, 0.25) is 0 Å². The number of aromatic nitrogens is 2. The molecule has 1 aromatic rings. The molecule has 31 heavy (non-hydrogen) atoms. The highest BCUT2D eigenvalue weighted by molar-refractivity contribution is 5.07.